The number of esters is 4. The average Bonchev–Trinajstić information content (AvgIpc) is 3.37. The summed E-state index contributed by atoms with van der Waals surface area (Å²) >= 11 is 20.5. The molecule has 0 radical (unpaired) electrons. The third-order valence-electron chi connectivity index (χ3n) is 12.6. The van der Waals surface area contributed by atoms with E-state index in [4.69, 9.17) is 58.8 Å². The number of carbonyl (C=O) groups excluding carboxylic acids is 4. The summed E-state index contributed by atoms with van der Waals surface area (Å²) in [6.45, 7) is 19.2. The Morgan fingerprint density at radius 1 is 0.394 bits per heavy atom. The minimum atomic E-state index is -2.80. The van der Waals surface area contributed by atoms with Crippen molar-refractivity contribution in [3.63, 3.8) is 0 Å². The summed E-state index contributed by atoms with van der Waals surface area (Å²) in [5.74, 6) is -1.65. The number of hydrogen-bond acceptors (Lipinski definition) is 12. The lowest BCUT2D eigenvalue weighted by atomic mass is 10.2. The molecule has 6 aromatic carbocycles. The van der Waals surface area contributed by atoms with E-state index < -0.39 is 50.3 Å². The van der Waals surface area contributed by atoms with Crippen LogP contribution >= 0.6 is 18.1 Å². The number of rotatable bonds is 19. The van der Waals surface area contributed by atoms with E-state index in [1.165, 1.54) is 0 Å². The van der Waals surface area contributed by atoms with Crippen LogP contribution < -0.4 is 42.4 Å². The maximum atomic E-state index is 12.7. The lowest BCUT2D eigenvalue weighted by Gasteiger charge is -2.38. The van der Waals surface area contributed by atoms with Crippen LogP contribution in [0.4, 0.5) is 0 Å². The second kappa shape index (κ2) is 23.5. The molecule has 0 spiro atoms. The van der Waals surface area contributed by atoms with E-state index in [0.29, 0.717) is 28.6 Å². The van der Waals surface area contributed by atoms with Gasteiger partial charge in [-0.15, -0.1) is 0 Å². The van der Waals surface area contributed by atoms with Crippen molar-refractivity contribution in [2.24, 2.45) is 0 Å². The van der Waals surface area contributed by atoms with Crippen molar-refractivity contribution in [2.45, 2.75) is 66.6 Å². The summed E-state index contributed by atoms with van der Waals surface area (Å²) < 4.78 is 28.1. The highest BCUT2D eigenvalue weighted by atomic mass is 32.4. The Labute approximate surface area is 435 Å². The molecule has 9 nitrogen and oxygen atoms in total. The Hall–Kier alpha value is -4.67. The van der Waals surface area contributed by atoms with Crippen LogP contribution in [0.2, 0.25) is 18.1 Å². The second-order valence-electron chi connectivity index (χ2n) is 18.1. The number of carbonyl (C=O) groups is 4. The Balaban J connectivity index is 1.48. The maximum absolute atomic E-state index is 12.7. The molecule has 6 rings (SSSR count). The van der Waals surface area contributed by atoms with Crippen LogP contribution in [0.15, 0.2) is 146 Å². The molecule has 0 N–H and O–H groups in total. The molecule has 16 heteroatoms. The van der Waals surface area contributed by atoms with Crippen molar-refractivity contribution in [2.75, 3.05) is 32.8 Å². The number of hydrogen-bond donors (Lipinski definition) is 0. The van der Waals surface area contributed by atoms with Gasteiger partial charge in [-0.3, -0.25) is 0 Å². The van der Waals surface area contributed by atoms with Gasteiger partial charge in [0.2, 0.25) is 0 Å². The van der Waals surface area contributed by atoms with Gasteiger partial charge < -0.3 is 23.4 Å². The smallest absolute Gasteiger partial charge is 0.338 e. The van der Waals surface area contributed by atoms with E-state index in [9.17, 15) is 19.2 Å². The van der Waals surface area contributed by atoms with Crippen molar-refractivity contribution in [3.8, 4) is 0 Å². The zero-order chi connectivity index (χ0) is 51.8. The quantitative estimate of drug-likeness (QED) is 0.0334. The van der Waals surface area contributed by atoms with Gasteiger partial charge in [-0.05, 0) is 137 Å². The highest BCUT2D eigenvalue weighted by Crippen LogP contribution is 2.49. The molecule has 0 saturated carbocycles. The Morgan fingerprint density at radius 2 is 0.592 bits per heavy atom. The first kappa shape index (κ1) is 55.6. The normalized spacial score (nSPS) is 12.2. The summed E-state index contributed by atoms with van der Waals surface area (Å²) in [5, 5.41) is 7.05. The zero-order valence-corrected chi connectivity index (χ0v) is 47.8. The summed E-state index contributed by atoms with van der Waals surface area (Å²) in [6.07, 6.45) is 0.328. The van der Waals surface area contributed by atoms with Gasteiger partial charge in [0.15, 0.2) is 8.32 Å². The fraction of sp³-hybridized carbons (Fsp3) is 0.273. The van der Waals surface area contributed by atoms with Gasteiger partial charge in [0, 0.05) is 18.1 Å². The molecule has 0 saturated heterocycles. The van der Waals surface area contributed by atoms with Crippen molar-refractivity contribution < 1.29 is 42.6 Å². The molecule has 0 heterocycles. The first-order valence-electron chi connectivity index (χ1n) is 23.4. The van der Waals surface area contributed by atoms with E-state index in [2.05, 4.69) is 82.4 Å². The molecule has 0 aliphatic rings. The summed E-state index contributed by atoms with van der Waals surface area (Å²) in [6, 6.07) is 37.4. The third-order valence-corrected chi connectivity index (χ3v) is 31.6. The molecule has 0 atom stereocenters. The minimum absolute atomic E-state index is 0.0724. The molecule has 0 amide bonds. The molecule has 0 unspecified atom stereocenters. The fourth-order valence-corrected chi connectivity index (χ4v) is 20.5. The van der Waals surface area contributed by atoms with Crippen LogP contribution in [-0.4, -0.2) is 65.0 Å². The Morgan fingerprint density at radius 3 is 0.789 bits per heavy atom. The van der Waals surface area contributed by atoms with Crippen molar-refractivity contribution in [1.82, 2.24) is 0 Å². The molecule has 6 aromatic rings. The van der Waals surface area contributed by atoms with E-state index in [1.54, 1.807) is 76.2 Å². The third kappa shape index (κ3) is 12.1. The second-order valence-corrected chi connectivity index (χ2v) is 36.4. The summed E-state index contributed by atoms with van der Waals surface area (Å²) in [4.78, 5) is 50.7. The van der Waals surface area contributed by atoms with Gasteiger partial charge in [0.25, 0.3) is 0 Å². The molecule has 0 aromatic heterocycles. The standard InChI is InChI=1S/C55H61O9P3S3Si/c1-10-60-51(56)39-14-22-45(23-15-39)66(69,46-24-16-40(17-25-46)52(57)61-11-2)49-34-30-43(31-35-49)65(68,38-64-71(8,9)55(5,6)7)44-32-36-50(37-33-44)67(70,47-26-18-41(19-27-47)53(58)62-12-3)48-28-20-42(21-29-48)54(59)63-13-4/h14-37H,10-13,38H2,1-9H3. The largest absolute Gasteiger partial charge is 0.462 e. The highest BCUT2D eigenvalue weighted by molar-refractivity contribution is 8.26. The van der Waals surface area contributed by atoms with E-state index >= 15 is 0 Å². The van der Waals surface area contributed by atoms with Crippen LogP contribution in [0.25, 0.3) is 0 Å². The van der Waals surface area contributed by atoms with Crippen LogP contribution in [0.3, 0.4) is 0 Å². The number of benzene rings is 6. The minimum Gasteiger partial charge on any atom is -0.462 e. The summed E-state index contributed by atoms with van der Waals surface area (Å²) in [7, 11) is -2.30. The van der Waals surface area contributed by atoms with E-state index in [1.807, 2.05) is 48.5 Å². The fourth-order valence-electron chi connectivity index (χ4n) is 7.56. The molecular formula is C55H61O9P3S3Si. The molecule has 372 valence electrons. The first-order valence-corrected chi connectivity index (χ1v) is 34.9. The molecule has 0 aliphatic heterocycles. The van der Waals surface area contributed by atoms with Crippen LogP contribution in [-0.2, 0) is 58.8 Å². The van der Waals surface area contributed by atoms with Crippen molar-refractivity contribution in [1.29, 1.82) is 0 Å². The van der Waals surface area contributed by atoms with E-state index in [0.717, 1.165) is 42.4 Å². The maximum Gasteiger partial charge on any atom is 0.338 e. The lowest BCUT2D eigenvalue weighted by Crippen LogP contribution is -2.42. The van der Waals surface area contributed by atoms with Gasteiger partial charge in [-0.1, -0.05) is 153 Å². The van der Waals surface area contributed by atoms with Crippen LogP contribution in [0.1, 0.15) is 89.9 Å². The molecule has 71 heavy (non-hydrogen) atoms. The van der Waals surface area contributed by atoms with Crippen LogP contribution in [0.5, 0.6) is 0 Å². The Kier molecular flexibility index (Phi) is 18.4. The average molecular weight is 1080 g/mol. The molecule has 0 fully saturated rings. The Bertz CT molecular complexity index is 2690. The molecule has 0 bridgehead atoms. The van der Waals surface area contributed by atoms with Gasteiger partial charge in [-0.25, -0.2) is 19.2 Å². The number of ether oxygens (including phenoxy) is 4. The van der Waals surface area contributed by atoms with Crippen LogP contribution in [0, 0.1) is 0 Å². The topological polar surface area (TPSA) is 114 Å². The predicted octanol–water partition coefficient (Wildman–Crippen LogP) is 9.31. The van der Waals surface area contributed by atoms with Gasteiger partial charge >= 0.3 is 23.9 Å². The van der Waals surface area contributed by atoms with Crippen molar-refractivity contribution >= 4 is 128 Å². The lowest BCUT2D eigenvalue weighted by molar-refractivity contribution is 0.0517. The predicted molar refractivity (Wildman–Crippen MR) is 306 cm³/mol. The monoisotopic (exact) mass is 1080 g/mol. The summed E-state index contributed by atoms with van der Waals surface area (Å²) in [5.41, 5.74) is 1.70. The zero-order valence-electron chi connectivity index (χ0n) is 41.6. The van der Waals surface area contributed by atoms with Gasteiger partial charge in [-0.2, -0.15) is 0 Å². The van der Waals surface area contributed by atoms with Gasteiger partial charge in [0.1, 0.15) is 0 Å². The molecular weight excluding hydrogens is 1020 g/mol. The van der Waals surface area contributed by atoms with Gasteiger partial charge in [0.05, 0.1) is 55.0 Å². The SMILES string of the molecule is CCOC(=O)c1ccc(P(=S)(c2ccc(C(=O)OCC)cc2)c2ccc(P(=S)(CO[Si](C)(C)C(C)(C)C)c3ccc(P(=S)(c4ccc(C(=O)OCC)cc4)c4ccc(C(=O)OCC)cc4)cc3)cc2)cc1. The van der Waals surface area contributed by atoms with Crippen molar-refractivity contribution in [3.05, 3.63) is 168 Å². The first-order chi connectivity index (χ1) is 33.7. The van der Waals surface area contributed by atoms with E-state index in [-0.39, 0.29) is 31.5 Å². The molecule has 0 aliphatic carbocycles. The highest BCUT2D eigenvalue weighted by Gasteiger charge is 2.39.